The second-order valence-electron chi connectivity index (χ2n) is 4.06. The van der Waals surface area contributed by atoms with Crippen molar-refractivity contribution in [3.8, 4) is 0 Å². The lowest BCUT2D eigenvalue weighted by atomic mass is 10.4. The number of hydrogen-bond acceptors (Lipinski definition) is 10. The quantitative estimate of drug-likeness (QED) is 0.399. The van der Waals surface area contributed by atoms with Crippen molar-refractivity contribution in [1.29, 1.82) is 0 Å². The van der Waals surface area contributed by atoms with Crippen LogP contribution in [0.15, 0.2) is 0 Å². The predicted molar refractivity (Wildman–Crippen MR) is 77.9 cm³/mol. The van der Waals surface area contributed by atoms with Gasteiger partial charge in [-0.25, -0.2) is 0 Å². The van der Waals surface area contributed by atoms with Gasteiger partial charge in [0.2, 0.25) is 0 Å². The van der Waals surface area contributed by atoms with Gasteiger partial charge in [0.15, 0.2) is 0 Å². The van der Waals surface area contributed by atoms with Gasteiger partial charge in [-0.05, 0) is 26.7 Å². The van der Waals surface area contributed by atoms with Crippen molar-refractivity contribution in [2.75, 3.05) is 23.0 Å². The molecular weight excluding hydrogens is 384 g/mol. The molecule has 0 fully saturated rings. The van der Waals surface area contributed by atoms with Gasteiger partial charge in [0.05, 0.1) is 23.0 Å². The molecule has 0 saturated heterocycles. The summed E-state index contributed by atoms with van der Waals surface area (Å²) >= 11 is 0. The zero-order chi connectivity index (χ0) is 17.7. The van der Waals surface area contributed by atoms with E-state index < -0.39 is 63.5 Å². The molecular formula is C8H18O10S4. The minimum absolute atomic E-state index is 0.240. The number of hydrogen-bond donors (Lipinski definition) is 0. The molecule has 0 N–H and O–H groups in total. The van der Waals surface area contributed by atoms with Gasteiger partial charge in [-0.3, -0.25) is 0 Å². The average molecular weight is 402 g/mol. The van der Waals surface area contributed by atoms with E-state index in [1.165, 1.54) is 13.8 Å². The maximum atomic E-state index is 11.3. The number of rotatable bonds is 11. The zero-order valence-electron chi connectivity index (χ0n) is 12.0. The topological polar surface area (TPSA) is 155 Å². The maximum absolute atomic E-state index is 11.3. The molecule has 0 amide bonds. The molecule has 0 atom stereocenters. The van der Waals surface area contributed by atoms with Crippen LogP contribution in [0, 0.1) is 0 Å². The van der Waals surface area contributed by atoms with E-state index >= 15 is 0 Å². The molecule has 0 rings (SSSR count). The molecule has 0 saturated carbocycles. The van der Waals surface area contributed by atoms with Gasteiger partial charge in [-0.1, -0.05) is 0 Å². The molecule has 0 aromatic heterocycles. The highest BCUT2D eigenvalue weighted by Gasteiger charge is 2.23. The van der Waals surface area contributed by atoms with Crippen molar-refractivity contribution in [2.45, 2.75) is 26.7 Å². The Morgan fingerprint density at radius 1 is 0.545 bits per heavy atom. The Morgan fingerprint density at radius 3 is 1.05 bits per heavy atom. The lowest BCUT2D eigenvalue weighted by Gasteiger charge is -2.06. The Morgan fingerprint density at radius 2 is 0.818 bits per heavy atom. The summed E-state index contributed by atoms with van der Waals surface area (Å²) in [6, 6.07) is 0. The van der Waals surface area contributed by atoms with E-state index in [4.69, 9.17) is 0 Å². The lowest BCUT2D eigenvalue weighted by Crippen LogP contribution is -2.20. The Bertz CT molecular complexity index is 689. The first-order valence-corrected chi connectivity index (χ1v) is 12.4. The summed E-state index contributed by atoms with van der Waals surface area (Å²) in [5.74, 6) is -2.49. The summed E-state index contributed by atoms with van der Waals surface area (Å²) < 4.78 is 97.3. The fourth-order valence-electron chi connectivity index (χ4n) is 1.04. The van der Waals surface area contributed by atoms with Crippen molar-refractivity contribution < 1.29 is 40.9 Å². The third kappa shape index (κ3) is 9.68. The molecule has 0 aliphatic heterocycles. The molecule has 0 unspecified atom stereocenters. The first-order chi connectivity index (χ1) is 9.74. The van der Waals surface area contributed by atoms with Gasteiger partial charge >= 0.3 is 0 Å². The first-order valence-electron chi connectivity index (χ1n) is 6.07. The molecule has 22 heavy (non-hydrogen) atoms. The van der Waals surface area contributed by atoms with Gasteiger partial charge in [-0.15, -0.1) is 7.26 Å². The van der Waals surface area contributed by atoms with Crippen molar-refractivity contribution in [1.82, 2.24) is 0 Å². The molecule has 0 bridgehead atoms. The molecule has 0 heterocycles. The van der Waals surface area contributed by atoms with Crippen LogP contribution in [0.5, 0.6) is 0 Å². The van der Waals surface area contributed by atoms with Crippen molar-refractivity contribution in [2.24, 2.45) is 0 Å². The molecule has 0 aromatic carbocycles. The van der Waals surface area contributed by atoms with Crippen LogP contribution >= 0.6 is 0 Å². The van der Waals surface area contributed by atoms with Crippen LogP contribution in [0.1, 0.15) is 26.7 Å². The largest absolute Gasteiger partial charge is 0.281 e. The van der Waals surface area contributed by atoms with E-state index in [9.17, 15) is 33.7 Å². The summed E-state index contributed by atoms with van der Waals surface area (Å²) in [5.41, 5.74) is 0. The second-order valence-corrected chi connectivity index (χ2v) is 11.6. The first kappa shape index (κ1) is 21.7. The van der Waals surface area contributed by atoms with Crippen LogP contribution in [0.25, 0.3) is 0 Å². The van der Waals surface area contributed by atoms with E-state index in [-0.39, 0.29) is 12.8 Å². The molecule has 0 spiro atoms. The lowest BCUT2D eigenvalue weighted by molar-refractivity contribution is 0.454. The Balaban J connectivity index is 4.45. The molecule has 10 nitrogen and oxygen atoms in total. The van der Waals surface area contributed by atoms with Crippen LogP contribution in [-0.4, -0.2) is 56.7 Å². The normalized spacial score (nSPS) is 14.1. The van der Waals surface area contributed by atoms with Gasteiger partial charge in [0.25, 0.3) is 40.5 Å². The van der Waals surface area contributed by atoms with E-state index in [0.29, 0.717) is 0 Å². The summed E-state index contributed by atoms with van der Waals surface area (Å²) in [5, 5.41) is 0. The monoisotopic (exact) mass is 402 g/mol. The van der Waals surface area contributed by atoms with Crippen LogP contribution in [0.4, 0.5) is 0 Å². The highest BCUT2D eigenvalue weighted by molar-refractivity contribution is 8.00. The van der Waals surface area contributed by atoms with E-state index in [1.807, 2.05) is 0 Å². The van der Waals surface area contributed by atoms with Gasteiger partial charge in [0.1, 0.15) is 0 Å². The van der Waals surface area contributed by atoms with Crippen molar-refractivity contribution in [3.05, 3.63) is 0 Å². The van der Waals surface area contributed by atoms with Crippen molar-refractivity contribution >= 4 is 40.5 Å². The van der Waals surface area contributed by atoms with Crippen LogP contribution in [0.3, 0.4) is 0 Å². The van der Waals surface area contributed by atoms with Crippen LogP contribution < -0.4 is 0 Å². The smallest absolute Gasteiger partial charge is 0.198 e. The fraction of sp³-hybridized carbons (Fsp3) is 1.00. The van der Waals surface area contributed by atoms with Crippen molar-refractivity contribution in [3.63, 3.8) is 0 Å². The Labute approximate surface area is 131 Å². The van der Waals surface area contributed by atoms with E-state index in [0.717, 1.165) is 0 Å². The minimum atomic E-state index is -4.35. The summed E-state index contributed by atoms with van der Waals surface area (Å²) in [7, 11) is -17.1. The SMILES string of the molecule is CCS(=O)(=O)OS(=O)(=O)CCCCS(=O)(=O)OS(=O)(=O)CC. The molecule has 0 radical (unpaired) electrons. The van der Waals surface area contributed by atoms with Gasteiger partial charge in [0, 0.05) is 0 Å². The molecule has 134 valence electrons. The highest BCUT2D eigenvalue weighted by atomic mass is 32.3. The summed E-state index contributed by atoms with van der Waals surface area (Å²) in [6.45, 7) is 2.39. The Kier molecular flexibility index (Phi) is 7.91. The average Bonchev–Trinajstić information content (AvgIpc) is 2.32. The van der Waals surface area contributed by atoms with Gasteiger partial charge < -0.3 is 0 Å². The number of unbranched alkanes of at least 4 members (excludes halogenated alkanes) is 1. The molecule has 0 aliphatic carbocycles. The highest BCUT2D eigenvalue weighted by Crippen LogP contribution is 2.08. The maximum Gasteiger partial charge on any atom is 0.281 e. The summed E-state index contributed by atoms with van der Waals surface area (Å²) in [6.07, 6.45) is -0.480. The van der Waals surface area contributed by atoms with Crippen LogP contribution in [0.2, 0.25) is 0 Å². The summed E-state index contributed by atoms with van der Waals surface area (Å²) in [4.78, 5) is 0. The zero-order valence-corrected chi connectivity index (χ0v) is 15.2. The van der Waals surface area contributed by atoms with E-state index in [1.54, 1.807) is 0 Å². The molecule has 14 heteroatoms. The second kappa shape index (κ2) is 8.01. The third-order valence-electron chi connectivity index (χ3n) is 2.16. The minimum Gasteiger partial charge on any atom is -0.198 e. The Hall–Kier alpha value is -0.280. The molecule has 0 aromatic rings. The predicted octanol–water partition coefficient (Wildman–Crippen LogP) is -0.841. The van der Waals surface area contributed by atoms with E-state index in [2.05, 4.69) is 7.26 Å². The standard InChI is InChI=1S/C8H18O10S4/c1-3-19(9,10)17-21(13,14)7-5-6-8-22(15,16)18-20(11,12)4-2/h3-8H2,1-2H3. The van der Waals surface area contributed by atoms with Gasteiger partial charge in [-0.2, -0.15) is 33.7 Å². The third-order valence-corrected chi connectivity index (χ3v) is 8.47. The van der Waals surface area contributed by atoms with Crippen LogP contribution in [-0.2, 0) is 47.7 Å². The fourth-order valence-corrected chi connectivity index (χ4v) is 5.99. The molecule has 0 aliphatic rings.